The summed E-state index contributed by atoms with van der Waals surface area (Å²) in [5, 5.41) is 13.2. The number of phenols is 1. The third-order valence-corrected chi connectivity index (χ3v) is 5.67. The zero-order valence-corrected chi connectivity index (χ0v) is 15.9. The maximum absolute atomic E-state index is 10.9. The number of aromatic hydroxyl groups is 1. The third kappa shape index (κ3) is 3.50. The Labute approximate surface area is 161 Å². The van der Waals surface area contributed by atoms with Crippen LogP contribution < -0.4 is 0 Å². The van der Waals surface area contributed by atoms with E-state index in [0.29, 0.717) is 11.8 Å². The van der Waals surface area contributed by atoms with E-state index in [1.807, 2.05) is 12.1 Å². The van der Waals surface area contributed by atoms with Crippen LogP contribution in [-0.4, -0.2) is 22.6 Å². The van der Waals surface area contributed by atoms with Crippen molar-refractivity contribution in [3.05, 3.63) is 90.0 Å². The second-order valence-electron chi connectivity index (χ2n) is 7.36. The maximum Gasteiger partial charge on any atom is 0.121 e. The molecule has 0 aromatic heterocycles. The minimum absolute atomic E-state index is 0.0406. The number of fused-ring (bicyclic) bond motifs is 1. The summed E-state index contributed by atoms with van der Waals surface area (Å²) in [7, 11) is 0. The van der Waals surface area contributed by atoms with Gasteiger partial charge in [0, 0.05) is 11.6 Å². The van der Waals surface area contributed by atoms with Crippen LogP contribution in [0.5, 0.6) is 5.75 Å². The van der Waals surface area contributed by atoms with Crippen LogP contribution in [0.4, 0.5) is 0 Å². The van der Waals surface area contributed by atoms with Crippen molar-refractivity contribution in [3.63, 3.8) is 0 Å². The fraction of sp³-hybridized carbons (Fsp3) is 0.280. The Morgan fingerprint density at radius 1 is 0.963 bits per heavy atom. The van der Waals surface area contributed by atoms with E-state index in [0.717, 1.165) is 17.5 Å². The summed E-state index contributed by atoms with van der Waals surface area (Å²) >= 11 is 0. The number of rotatable bonds is 4. The predicted molar refractivity (Wildman–Crippen MR) is 113 cm³/mol. The number of hydrogen-bond acceptors (Lipinski definition) is 2. The van der Waals surface area contributed by atoms with Crippen molar-refractivity contribution in [1.82, 2.24) is 4.90 Å². The fourth-order valence-electron chi connectivity index (χ4n) is 4.46. The summed E-state index contributed by atoms with van der Waals surface area (Å²) in [6.07, 6.45) is 8.10. The molecule has 1 heterocycles. The SMILES string of the molecule is C/C=C\[C@@H]1CCCCN1[C@H](c1ccccc1)c1c(O)ccc2ccccc12. The molecule has 1 fully saturated rings. The average Bonchev–Trinajstić information content (AvgIpc) is 2.72. The quantitative estimate of drug-likeness (QED) is 0.573. The number of benzene rings is 3. The Morgan fingerprint density at radius 2 is 1.74 bits per heavy atom. The second-order valence-corrected chi connectivity index (χ2v) is 7.36. The van der Waals surface area contributed by atoms with Crippen molar-refractivity contribution in [2.45, 2.75) is 38.3 Å². The zero-order chi connectivity index (χ0) is 18.6. The summed E-state index contributed by atoms with van der Waals surface area (Å²) in [6.45, 7) is 3.14. The first-order chi connectivity index (χ1) is 13.3. The van der Waals surface area contributed by atoms with Gasteiger partial charge in [-0.25, -0.2) is 0 Å². The predicted octanol–water partition coefficient (Wildman–Crippen LogP) is 6.07. The molecule has 138 valence electrons. The fourth-order valence-corrected chi connectivity index (χ4v) is 4.46. The smallest absolute Gasteiger partial charge is 0.121 e. The Hall–Kier alpha value is -2.58. The first kappa shape index (κ1) is 17.8. The van der Waals surface area contributed by atoms with E-state index in [9.17, 15) is 5.11 Å². The molecule has 1 aliphatic rings. The molecular weight excluding hydrogens is 330 g/mol. The lowest BCUT2D eigenvalue weighted by Crippen LogP contribution is -2.41. The first-order valence-corrected chi connectivity index (χ1v) is 9.93. The topological polar surface area (TPSA) is 23.5 Å². The number of piperidine rings is 1. The monoisotopic (exact) mass is 357 g/mol. The summed E-state index contributed by atoms with van der Waals surface area (Å²) < 4.78 is 0. The molecule has 0 saturated carbocycles. The minimum Gasteiger partial charge on any atom is -0.508 e. The summed E-state index contributed by atoms with van der Waals surface area (Å²) in [4.78, 5) is 2.57. The lowest BCUT2D eigenvalue weighted by atomic mass is 9.88. The van der Waals surface area contributed by atoms with Crippen molar-refractivity contribution < 1.29 is 5.11 Å². The molecule has 2 atom stereocenters. The molecule has 4 rings (SSSR count). The van der Waals surface area contributed by atoms with E-state index in [-0.39, 0.29) is 6.04 Å². The molecule has 0 aliphatic carbocycles. The van der Waals surface area contributed by atoms with Gasteiger partial charge >= 0.3 is 0 Å². The van der Waals surface area contributed by atoms with Crippen LogP contribution in [0.1, 0.15) is 43.4 Å². The number of phenolic OH excluding ortho intramolecular Hbond substituents is 1. The van der Waals surface area contributed by atoms with Crippen LogP contribution in [0.15, 0.2) is 78.9 Å². The number of hydrogen-bond donors (Lipinski definition) is 1. The van der Waals surface area contributed by atoms with E-state index >= 15 is 0 Å². The van der Waals surface area contributed by atoms with Gasteiger partial charge in [-0.3, -0.25) is 4.90 Å². The van der Waals surface area contributed by atoms with Gasteiger partial charge < -0.3 is 5.11 Å². The van der Waals surface area contributed by atoms with Crippen LogP contribution in [0.3, 0.4) is 0 Å². The van der Waals surface area contributed by atoms with Gasteiger partial charge in [0.1, 0.15) is 5.75 Å². The Morgan fingerprint density at radius 3 is 2.56 bits per heavy atom. The van der Waals surface area contributed by atoms with Crippen molar-refractivity contribution >= 4 is 10.8 Å². The molecule has 0 radical (unpaired) electrons. The van der Waals surface area contributed by atoms with Crippen molar-refractivity contribution in [2.75, 3.05) is 6.54 Å². The molecule has 0 amide bonds. The summed E-state index contributed by atoms with van der Waals surface area (Å²) in [5.74, 6) is 0.382. The highest BCUT2D eigenvalue weighted by atomic mass is 16.3. The Bertz CT molecular complexity index is 931. The highest BCUT2D eigenvalue weighted by Gasteiger charge is 2.32. The van der Waals surface area contributed by atoms with Gasteiger partial charge in [0.05, 0.1) is 6.04 Å². The van der Waals surface area contributed by atoms with Gasteiger partial charge in [-0.15, -0.1) is 0 Å². The molecule has 0 spiro atoms. The number of likely N-dealkylation sites (tertiary alicyclic amines) is 1. The van der Waals surface area contributed by atoms with Crippen molar-refractivity contribution in [2.24, 2.45) is 0 Å². The Kier molecular flexibility index (Phi) is 5.26. The number of nitrogens with zero attached hydrogens (tertiary/aromatic N) is 1. The summed E-state index contributed by atoms with van der Waals surface area (Å²) in [6, 6.07) is 23.3. The summed E-state index contributed by atoms with van der Waals surface area (Å²) in [5.41, 5.74) is 2.26. The van der Waals surface area contributed by atoms with Crippen LogP contribution in [0.2, 0.25) is 0 Å². The van der Waals surface area contributed by atoms with E-state index in [4.69, 9.17) is 0 Å². The van der Waals surface area contributed by atoms with E-state index in [1.165, 1.54) is 30.2 Å². The Balaban J connectivity index is 1.93. The van der Waals surface area contributed by atoms with Gasteiger partial charge in [0.15, 0.2) is 0 Å². The molecule has 27 heavy (non-hydrogen) atoms. The molecule has 1 aliphatic heterocycles. The number of allylic oxidation sites excluding steroid dienone is 1. The van der Waals surface area contributed by atoms with E-state index in [2.05, 4.69) is 78.6 Å². The van der Waals surface area contributed by atoms with Gasteiger partial charge in [-0.2, -0.15) is 0 Å². The normalized spacial score (nSPS) is 19.5. The molecule has 1 saturated heterocycles. The molecule has 2 nitrogen and oxygen atoms in total. The minimum atomic E-state index is 0.0406. The van der Waals surface area contributed by atoms with Gasteiger partial charge in [0.25, 0.3) is 0 Å². The van der Waals surface area contributed by atoms with Crippen LogP contribution >= 0.6 is 0 Å². The molecule has 0 unspecified atom stereocenters. The van der Waals surface area contributed by atoms with E-state index in [1.54, 1.807) is 0 Å². The average molecular weight is 357 g/mol. The molecule has 3 aromatic rings. The molecule has 1 N–H and O–H groups in total. The standard InChI is InChI=1S/C25H27NO/c1-2-10-21-14-8-9-18-26(21)25(20-12-4-3-5-13-20)24-22-15-7-6-11-19(22)16-17-23(24)27/h2-7,10-13,15-17,21,25,27H,8-9,14,18H2,1H3/b10-2-/t21-,25-/m1/s1. The highest BCUT2D eigenvalue weighted by Crippen LogP contribution is 2.41. The van der Waals surface area contributed by atoms with Gasteiger partial charge in [-0.1, -0.05) is 79.2 Å². The second kappa shape index (κ2) is 7.98. The van der Waals surface area contributed by atoms with Crippen molar-refractivity contribution in [3.8, 4) is 5.75 Å². The lowest BCUT2D eigenvalue weighted by Gasteiger charge is -2.41. The molecule has 0 bridgehead atoms. The third-order valence-electron chi connectivity index (χ3n) is 5.67. The molecule has 3 aromatic carbocycles. The largest absolute Gasteiger partial charge is 0.508 e. The van der Waals surface area contributed by atoms with Crippen LogP contribution in [0, 0.1) is 0 Å². The highest BCUT2D eigenvalue weighted by molar-refractivity contribution is 5.88. The van der Waals surface area contributed by atoms with Crippen molar-refractivity contribution in [1.29, 1.82) is 0 Å². The molecular formula is C25H27NO. The van der Waals surface area contributed by atoms with Crippen LogP contribution in [0.25, 0.3) is 10.8 Å². The maximum atomic E-state index is 10.9. The molecule has 2 heteroatoms. The van der Waals surface area contributed by atoms with Gasteiger partial charge in [0.2, 0.25) is 0 Å². The van der Waals surface area contributed by atoms with Gasteiger partial charge in [-0.05, 0) is 48.7 Å². The lowest BCUT2D eigenvalue weighted by molar-refractivity contribution is 0.141. The van der Waals surface area contributed by atoms with Crippen LogP contribution in [-0.2, 0) is 0 Å². The first-order valence-electron chi connectivity index (χ1n) is 9.93. The van der Waals surface area contributed by atoms with E-state index < -0.39 is 0 Å². The zero-order valence-electron chi connectivity index (χ0n) is 15.9.